The van der Waals surface area contributed by atoms with Crippen molar-refractivity contribution in [1.82, 2.24) is 10.2 Å². The summed E-state index contributed by atoms with van der Waals surface area (Å²) >= 11 is 0. The van der Waals surface area contributed by atoms with Crippen LogP contribution in [0.5, 0.6) is 0 Å². The summed E-state index contributed by atoms with van der Waals surface area (Å²) in [5.74, 6) is 0. The summed E-state index contributed by atoms with van der Waals surface area (Å²) in [4.78, 5) is 2.57. The zero-order chi connectivity index (χ0) is 10.4. The van der Waals surface area contributed by atoms with E-state index in [-0.39, 0.29) is 0 Å². The maximum Gasteiger partial charge on any atom is 0.0224 e. The highest BCUT2D eigenvalue weighted by atomic mass is 15.2. The van der Waals surface area contributed by atoms with Crippen molar-refractivity contribution in [2.45, 2.75) is 45.2 Å². The highest BCUT2D eigenvalue weighted by Gasteiger charge is 2.24. The van der Waals surface area contributed by atoms with Gasteiger partial charge in [-0.05, 0) is 12.8 Å². The van der Waals surface area contributed by atoms with E-state index < -0.39 is 0 Å². The number of hydrogen-bond acceptors (Lipinski definition) is 2. The van der Waals surface area contributed by atoms with Crippen LogP contribution in [0.4, 0.5) is 0 Å². The molecule has 0 aromatic rings. The maximum absolute atomic E-state index is 3.84. The fourth-order valence-electron chi connectivity index (χ4n) is 2.21. The number of rotatable bonds is 5. The topological polar surface area (TPSA) is 15.3 Å². The molecule has 2 heteroatoms. The van der Waals surface area contributed by atoms with Crippen molar-refractivity contribution in [3.8, 4) is 0 Å². The van der Waals surface area contributed by atoms with Crippen LogP contribution >= 0.6 is 0 Å². The standard InChI is InChI=1S/C12H24N2/c1-4-7-12-9-13-11(6-3)10-14(12)8-5-2/h5,11-13H,2,4,6-10H2,1,3H3. The summed E-state index contributed by atoms with van der Waals surface area (Å²) < 4.78 is 0. The summed E-state index contributed by atoms with van der Waals surface area (Å²) in [6.07, 6.45) is 5.83. The Hall–Kier alpha value is -0.340. The van der Waals surface area contributed by atoms with Crippen molar-refractivity contribution >= 4 is 0 Å². The van der Waals surface area contributed by atoms with Gasteiger partial charge in [0, 0.05) is 31.7 Å². The molecule has 1 N–H and O–H groups in total. The van der Waals surface area contributed by atoms with Crippen molar-refractivity contribution < 1.29 is 0 Å². The molecule has 2 nitrogen and oxygen atoms in total. The Morgan fingerprint density at radius 3 is 2.86 bits per heavy atom. The van der Waals surface area contributed by atoms with E-state index >= 15 is 0 Å². The minimum Gasteiger partial charge on any atom is -0.311 e. The van der Waals surface area contributed by atoms with Crippen LogP contribution < -0.4 is 5.32 Å². The van der Waals surface area contributed by atoms with Crippen molar-refractivity contribution in [3.05, 3.63) is 12.7 Å². The fraction of sp³-hybridized carbons (Fsp3) is 0.833. The van der Waals surface area contributed by atoms with E-state index in [0.717, 1.165) is 19.1 Å². The van der Waals surface area contributed by atoms with E-state index in [2.05, 4.69) is 30.6 Å². The zero-order valence-corrected chi connectivity index (χ0v) is 9.63. The first kappa shape index (κ1) is 11.7. The molecule has 0 aliphatic carbocycles. The first-order valence-corrected chi connectivity index (χ1v) is 5.90. The van der Waals surface area contributed by atoms with Crippen LogP contribution in [0.2, 0.25) is 0 Å². The average molecular weight is 196 g/mol. The largest absolute Gasteiger partial charge is 0.311 e. The van der Waals surface area contributed by atoms with Crippen LogP contribution in [0.15, 0.2) is 12.7 Å². The van der Waals surface area contributed by atoms with Gasteiger partial charge >= 0.3 is 0 Å². The minimum atomic E-state index is 0.683. The van der Waals surface area contributed by atoms with Crippen molar-refractivity contribution in [2.75, 3.05) is 19.6 Å². The van der Waals surface area contributed by atoms with E-state index in [9.17, 15) is 0 Å². The Morgan fingerprint density at radius 2 is 2.29 bits per heavy atom. The molecule has 1 heterocycles. The first-order valence-electron chi connectivity index (χ1n) is 5.90. The van der Waals surface area contributed by atoms with Gasteiger partial charge in [0.15, 0.2) is 0 Å². The van der Waals surface area contributed by atoms with E-state index in [1.807, 2.05) is 6.08 Å². The lowest BCUT2D eigenvalue weighted by atomic mass is 10.0. The average Bonchev–Trinajstić information content (AvgIpc) is 2.21. The van der Waals surface area contributed by atoms with Crippen LogP contribution in [0.3, 0.4) is 0 Å². The number of nitrogens with one attached hydrogen (secondary N) is 1. The lowest BCUT2D eigenvalue weighted by molar-refractivity contribution is 0.135. The molecule has 2 unspecified atom stereocenters. The lowest BCUT2D eigenvalue weighted by Crippen LogP contribution is -2.56. The molecule has 0 saturated carbocycles. The molecule has 14 heavy (non-hydrogen) atoms. The molecule has 1 aliphatic rings. The molecule has 0 aromatic carbocycles. The van der Waals surface area contributed by atoms with Crippen molar-refractivity contribution in [3.63, 3.8) is 0 Å². The Balaban J connectivity index is 2.46. The molecule has 1 aliphatic heterocycles. The molecule has 0 aromatic heterocycles. The third-order valence-electron chi connectivity index (χ3n) is 3.09. The highest BCUT2D eigenvalue weighted by Crippen LogP contribution is 2.13. The molecule has 1 fully saturated rings. The second-order valence-electron chi connectivity index (χ2n) is 4.20. The molecule has 2 atom stereocenters. The first-order chi connectivity index (χ1) is 6.81. The van der Waals surface area contributed by atoms with E-state index in [4.69, 9.17) is 0 Å². The van der Waals surface area contributed by atoms with Crippen LogP contribution in [-0.4, -0.2) is 36.6 Å². The van der Waals surface area contributed by atoms with E-state index in [1.54, 1.807) is 0 Å². The van der Waals surface area contributed by atoms with Crippen molar-refractivity contribution in [1.29, 1.82) is 0 Å². The monoisotopic (exact) mass is 196 g/mol. The Morgan fingerprint density at radius 1 is 1.50 bits per heavy atom. The van der Waals surface area contributed by atoms with Crippen LogP contribution in [-0.2, 0) is 0 Å². The normalized spacial score (nSPS) is 29.0. The molecular weight excluding hydrogens is 172 g/mol. The van der Waals surface area contributed by atoms with Gasteiger partial charge in [-0.15, -0.1) is 6.58 Å². The maximum atomic E-state index is 3.84. The van der Waals surface area contributed by atoms with Gasteiger partial charge in [0.05, 0.1) is 0 Å². The number of nitrogens with zero attached hydrogens (tertiary/aromatic N) is 1. The van der Waals surface area contributed by atoms with Gasteiger partial charge in [-0.3, -0.25) is 4.90 Å². The van der Waals surface area contributed by atoms with Gasteiger partial charge in [-0.1, -0.05) is 26.3 Å². The molecule has 0 amide bonds. The fourth-order valence-corrected chi connectivity index (χ4v) is 2.21. The van der Waals surface area contributed by atoms with Gasteiger partial charge < -0.3 is 5.32 Å². The molecule has 0 radical (unpaired) electrons. The van der Waals surface area contributed by atoms with E-state index in [0.29, 0.717) is 6.04 Å². The molecular formula is C12H24N2. The molecule has 0 bridgehead atoms. The summed E-state index contributed by atoms with van der Waals surface area (Å²) in [6, 6.07) is 1.41. The van der Waals surface area contributed by atoms with Crippen LogP contribution in [0.25, 0.3) is 0 Å². The van der Waals surface area contributed by atoms with Gasteiger partial charge in [0.2, 0.25) is 0 Å². The second kappa shape index (κ2) is 6.20. The zero-order valence-electron chi connectivity index (χ0n) is 9.63. The summed E-state index contributed by atoms with van der Waals surface area (Å²) in [5, 5.41) is 3.62. The SMILES string of the molecule is C=CCN1CC(CC)NCC1CCC. The second-order valence-corrected chi connectivity index (χ2v) is 4.20. The Bertz CT molecular complexity index is 168. The summed E-state index contributed by atoms with van der Waals surface area (Å²) in [6.45, 7) is 11.7. The van der Waals surface area contributed by atoms with Gasteiger partial charge in [-0.25, -0.2) is 0 Å². The predicted octanol–water partition coefficient (Wildman–Crippen LogP) is 2.02. The third kappa shape index (κ3) is 3.10. The smallest absolute Gasteiger partial charge is 0.0224 e. The summed E-state index contributed by atoms with van der Waals surface area (Å²) in [5.41, 5.74) is 0. The summed E-state index contributed by atoms with van der Waals surface area (Å²) in [7, 11) is 0. The number of hydrogen-bond donors (Lipinski definition) is 1. The Kier molecular flexibility index (Phi) is 5.20. The predicted molar refractivity (Wildman–Crippen MR) is 62.5 cm³/mol. The molecule has 1 saturated heterocycles. The van der Waals surface area contributed by atoms with Crippen LogP contribution in [0.1, 0.15) is 33.1 Å². The van der Waals surface area contributed by atoms with Crippen molar-refractivity contribution in [2.24, 2.45) is 0 Å². The molecule has 1 rings (SSSR count). The minimum absolute atomic E-state index is 0.683. The third-order valence-corrected chi connectivity index (χ3v) is 3.09. The van der Waals surface area contributed by atoms with Gasteiger partial charge in [0.25, 0.3) is 0 Å². The number of piperazine rings is 1. The Labute approximate surface area is 88.4 Å². The molecule has 0 spiro atoms. The lowest BCUT2D eigenvalue weighted by Gasteiger charge is -2.39. The van der Waals surface area contributed by atoms with Gasteiger partial charge in [-0.2, -0.15) is 0 Å². The molecule has 82 valence electrons. The quantitative estimate of drug-likeness (QED) is 0.677. The van der Waals surface area contributed by atoms with Gasteiger partial charge in [0.1, 0.15) is 0 Å². The highest BCUT2D eigenvalue weighted by molar-refractivity contribution is 4.88. The van der Waals surface area contributed by atoms with Crippen LogP contribution in [0, 0.1) is 0 Å². The van der Waals surface area contributed by atoms with E-state index in [1.165, 1.54) is 25.8 Å².